The maximum absolute atomic E-state index is 12.5. The van der Waals surface area contributed by atoms with Gasteiger partial charge in [-0.25, -0.2) is 4.79 Å². The first-order valence-electron chi connectivity index (χ1n) is 8.03. The molecule has 0 saturated carbocycles. The molecule has 27 heavy (non-hydrogen) atoms. The van der Waals surface area contributed by atoms with Crippen LogP contribution in [0.3, 0.4) is 0 Å². The Kier molecular flexibility index (Phi) is 6.22. The first-order chi connectivity index (χ1) is 12.5. The zero-order valence-electron chi connectivity index (χ0n) is 14.0. The van der Waals surface area contributed by atoms with E-state index in [1.165, 1.54) is 4.90 Å². The summed E-state index contributed by atoms with van der Waals surface area (Å²) in [7, 11) is 0. The van der Waals surface area contributed by atoms with Crippen molar-refractivity contribution in [2.75, 3.05) is 25.0 Å². The molecule has 0 unspecified atom stereocenters. The molecule has 0 bridgehead atoms. The van der Waals surface area contributed by atoms with E-state index in [9.17, 15) is 35.9 Å². The summed E-state index contributed by atoms with van der Waals surface area (Å²) in [6.45, 7) is -1.10. The highest BCUT2D eigenvalue weighted by molar-refractivity contribution is 5.89. The van der Waals surface area contributed by atoms with Crippen LogP contribution in [0.25, 0.3) is 0 Å². The molecule has 1 aromatic carbocycles. The second-order valence-corrected chi connectivity index (χ2v) is 6.10. The van der Waals surface area contributed by atoms with Gasteiger partial charge in [-0.05, 0) is 37.1 Å². The Balaban J connectivity index is 1.82. The predicted octanol–water partition coefficient (Wildman–Crippen LogP) is 3.63. The van der Waals surface area contributed by atoms with E-state index < -0.39 is 42.3 Å². The van der Waals surface area contributed by atoms with Crippen molar-refractivity contribution in [1.29, 1.82) is 0 Å². The van der Waals surface area contributed by atoms with Crippen LogP contribution in [0.5, 0.6) is 0 Å². The number of halogens is 6. The lowest BCUT2D eigenvalue weighted by molar-refractivity contribution is -0.141. The van der Waals surface area contributed by atoms with Gasteiger partial charge in [0.05, 0.1) is 5.56 Å². The number of alkyl halides is 6. The van der Waals surface area contributed by atoms with Crippen LogP contribution in [0.2, 0.25) is 0 Å². The van der Waals surface area contributed by atoms with Crippen LogP contribution in [-0.2, 0) is 11.0 Å². The summed E-state index contributed by atoms with van der Waals surface area (Å²) in [4.78, 5) is 25.2. The molecule has 2 N–H and O–H groups in total. The number of rotatable bonds is 3. The van der Waals surface area contributed by atoms with Gasteiger partial charge in [-0.3, -0.25) is 4.79 Å². The second-order valence-electron chi connectivity index (χ2n) is 6.10. The third kappa shape index (κ3) is 6.33. The van der Waals surface area contributed by atoms with Crippen molar-refractivity contribution in [3.8, 4) is 0 Å². The summed E-state index contributed by atoms with van der Waals surface area (Å²) >= 11 is 0. The Hall–Kier alpha value is -2.46. The third-order valence-corrected chi connectivity index (χ3v) is 4.08. The lowest BCUT2D eigenvalue weighted by atomic mass is 9.96. The van der Waals surface area contributed by atoms with Crippen molar-refractivity contribution in [3.05, 3.63) is 29.8 Å². The molecule has 1 heterocycles. The van der Waals surface area contributed by atoms with Gasteiger partial charge in [0.15, 0.2) is 0 Å². The number of benzene rings is 1. The van der Waals surface area contributed by atoms with Gasteiger partial charge in [0, 0.05) is 24.7 Å². The van der Waals surface area contributed by atoms with Crippen molar-refractivity contribution >= 4 is 17.6 Å². The number of piperidine rings is 1. The summed E-state index contributed by atoms with van der Waals surface area (Å²) in [6.07, 6.45) is -8.57. The fraction of sp³-hybridized carbons (Fsp3) is 0.500. The lowest BCUT2D eigenvalue weighted by Crippen LogP contribution is -2.45. The summed E-state index contributed by atoms with van der Waals surface area (Å²) < 4.78 is 73.8. The van der Waals surface area contributed by atoms with Crippen LogP contribution < -0.4 is 10.6 Å². The van der Waals surface area contributed by atoms with Gasteiger partial charge < -0.3 is 15.5 Å². The summed E-state index contributed by atoms with van der Waals surface area (Å²) in [5.74, 6) is -1.34. The highest BCUT2D eigenvalue weighted by Gasteiger charge is 2.32. The fourth-order valence-corrected chi connectivity index (χ4v) is 2.62. The minimum atomic E-state index is -4.49. The maximum atomic E-state index is 12.5. The molecule has 5 nitrogen and oxygen atoms in total. The molecule has 0 aliphatic carbocycles. The van der Waals surface area contributed by atoms with Crippen molar-refractivity contribution < 1.29 is 35.9 Å². The topological polar surface area (TPSA) is 61.4 Å². The molecule has 1 aromatic rings. The van der Waals surface area contributed by atoms with E-state index in [4.69, 9.17) is 0 Å². The molecule has 1 fully saturated rings. The van der Waals surface area contributed by atoms with Gasteiger partial charge >= 0.3 is 18.4 Å². The molecule has 1 saturated heterocycles. The molecular formula is C16H17F6N3O2. The molecule has 1 aliphatic rings. The minimum absolute atomic E-state index is 0.149. The second kappa shape index (κ2) is 8.05. The number of carbonyl (C=O) groups is 2. The van der Waals surface area contributed by atoms with Crippen molar-refractivity contribution in [1.82, 2.24) is 10.2 Å². The van der Waals surface area contributed by atoms with Gasteiger partial charge in [0.25, 0.3) is 0 Å². The highest BCUT2D eigenvalue weighted by atomic mass is 19.4. The molecule has 11 heteroatoms. The number of nitrogens with zero attached hydrogens (tertiary/aromatic N) is 1. The van der Waals surface area contributed by atoms with Gasteiger partial charge in [-0.1, -0.05) is 0 Å². The van der Waals surface area contributed by atoms with Gasteiger partial charge in [0.1, 0.15) is 6.54 Å². The highest BCUT2D eigenvalue weighted by Crippen LogP contribution is 2.30. The van der Waals surface area contributed by atoms with Crippen LogP contribution in [0.1, 0.15) is 18.4 Å². The summed E-state index contributed by atoms with van der Waals surface area (Å²) in [5.41, 5.74) is -0.663. The molecule has 150 valence electrons. The predicted molar refractivity (Wildman–Crippen MR) is 83.8 cm³/mol. The normalized spacial score (nSPS) is 16.1. The van der Waals surface area contributed by atoms with Crippen LogP contribution in [0.15, 0.2) is 24.3 Å². The third-order valence-electron chi connectivity index (χ3n) is 4.08. The Morgan fingerprint density at radius 3 is 2.04 bits per heavy atom. The van der Waals surface area contributed by atoms with Gasteiger partial charge in [-0.15, -0.1) is 0 Å². The van der Waals surface area contributed by atoms with Crippen LogP contribution in [0, 0.1) is 5.92 Å². The smallest absolute Gasteiger partial charge is 0.347 e. The monoisotopic (exact) mass is 397 g/mol. The maximum Gasteiger partial charge on any atom is 0.416 e. The standard InChI is InChI=1S/C16H17F6N3O2/c17-15(18,19)9-23-13(26)10-5-7-25(8-6-10)14(27)24-12-3-1-11(2-4-12)16(20,21)22/h1-4,10H,5-9H2,(H,23,26)(H,24,27). The number of hydrogen-bond donors (Lipinski definition) is 2. The molecule has 0 atom stereocenters. The average Bonchev–Trinajstić information content (AvgIpc) is 2.59. The SMILES string of the molecule is O=C(NCC(F)(F)F)C1CCN(C(=O)Nc2ccc(C(F)(F)F)cc2)CC1. The number of hydrogen-bond acceptors (Lipinski definition) is 2. The van der Waals surface area contributed by atoms with Crippen LogP contribution >= 0.6 is 0 Å². The van der Waals surface area contributed by atoms with Crippen molar-refractivity contribution in [2.24, 2.45) is 5.92 Å². The van der Waals surface area contributed by atoms with E-state index in [0.717, 1.165) is 24.3 Å². The van der Waals surface area contributed by atoms with E-state index in [-0.39, 0.29) is 31.6 Å². The number of likely N-dealkylation sites (tertiary alicyclic amines) is 1. The van der Waals surface area contributed by atoms with E-state index in [1.807, 2.05) is 5.32 Å². The van der Waals surface area contributed by atoms with Crippen LogP contribution in [0.4, 0.5) is 36.8 Å². The molecule has 1 aliphatic heterocycles. The van der Waals surface area contributed by atoms with E-state index in [0.29, 0.717) is 0 Å². The number of amides is 3. The van der Waals surface area contributed by atoms with Crippen LogP contribution in [-0.4, -0.2) is 42.6 Å². The molecule has 0 aromatic heterocycles. The Morgan fingerprint density at radius 2 is 1.56 bits per heavy atom. The fourth-order valence-electron chi connectivity index (χ4n) is 2.62. The number of carbonyl (C=O) groups excluding carboxylic acids is 2. The number of urea groups is 1. The zero-order valence-corrected chi connectivity index (χ0v) is 14.0. The minimum Gasteiger partial charge on any atom is -0.347 e. The van der Waals surface area contributed by atoms with E-state index >= 15 is 0 Å². The first kappa shape index (κ1) is 20.8. The first-order valence-corrected chi connectivity index (χ1v) is 8.03. The molecule has 2 rings (SSSR count). The van der Waals surface area contributed by atoms with Crippen molar-refractivity contribution in [3.63, 3.8) is 0 Å². The molecular weight excluding hydrogens is 380 g/mol. The average molecular weight is 397 g/mol. The van der Waals surface area contributed by atoms with Gasteiger partial charge in [-0.2, -0.15) is 26.3 Å². The largest absolute Gasteiger partial charge is 0.416 e. The van der Waals surface area contributed by atoms with Gasteiger partial charge in [0.2, 0.25) is 5.91 Å². The molecule has 0 spiro atoms. The Labute approximate surface area is 150 Å². The Morgan fingerprint density at radius 1 is 1.00 bits per heavy atom. The number of nitrogens with one attached hydrogen (secondary N) is 2. The van der Waals surface area contributed by atoms with E-state index in [1.54, 1.807) is 0 Å². The van der Waals surface area contributed by atoms with E-state index in [2.05, 4.69) is 5.32 Å². The zero-order chi connectivity index (χ0) is 20.2. The number of anilines is 1. The summed E-state index contributed by atoms with van der Waals surface area (Å²) in [6, 6.07) is 3.37. The molecule has 0 radical (unpaired) electrons. The lowest BCUT2D eigenvalue weighted by Gasteiger charge is -2.31. The quantitative estimate of drug-likeness (QED) is 0.766. The molecule has 3 amide bonds. The Bertz CT molecular complexity index is 664. The summed E-state index contributed by atoms with van der Waals surface area (Å²) in [5, 5.41) is 4.27. The van der Waals surface area contributed by atoms with Crippen molar-refractivity contribution in [2.45, 2.75) is 25.2 Å².